The first-order chi connectivity index (χ1) is 13.9. The van der Waals surface area contributed by atoms with Crippen molar-refractivity contribution in [2.24, 2.45) is 0 Å². The van der Waals surface area contributed by atoms with Crippen LogP contribution in [0.15, 0.2) is 83.8 Å². The number of nitrogens with one attached hydrogen (secondary N) is 1. The van der Waals surface area contributed by atoms with Gasteiger partial charge < -0.3 is 5.32 Å². The number of benzene rings is 3. The first-order valence-electron chi connectivity index (χ1n) is 9.42. The van der Waals surface area contributed by atoms with Gasteiger partial charge in [-0.05, 0) is 53.9 Å². The molecule has 0 heterocycles. The maximum atomic E-state index is 12.7. The van der Waals surface area contributed by atoms with Gasteiger partial charge in [-0.2, -0.15) is 0 Å². The van der Waals surface area contributed by atoms with E-state index in [9.17, 15) is 13.2 Å². The molecule has 0 bridgehead atoms. The van der Waals surface area contributed by atoms with E-state index in [0.717, 1.165) is 17.7 Å². The smallest absolute Gasteiger partial charge is 0.264 e. The number of hydrogen-bond acceptors (Lipinski definition) is 3. The molecule has 0 saturated carbocycles. The minimum absolute atomic E-state index is 0.118. The van der Waals surface area contributed by atoms with Crippen LogP contribution in [0.3, 0.4) is 0 Å². The fourth-order valence-electron chi connectivity index (χ4n) is 2.93. The molecule has 1 N–H and O–H groups in total. The lowest BCUT2D eigenvalue weighted by atomic mass is 10.1. The SMILES string of the molecule is CCc1ccc(NC(=O)Cc2ccc(N(C)S(=O)(=O)c3ccccc3)cc2)cc1. The van der Waals surface area contributed by atoms with Gasteiger partial charge in [-0.25, -0.2) is 8.42 Å². The largest absolute Gasteiger partial charge is 0.326 e. The molecule has 0 radical (unpaired) electrons. The van der Waals surface area contributed by atoms with Crippen molar-refractivity contribution in [3.05, 3.63) is 90.0 Å². The lowest BCUT2D eigenvalue weighted by Gasteiger charge is -2.19. The van der Waals surface area contributed by atoms with Gasteiger partial charge in [0.1, 0.15) is 0 Å². The van der Waals surface area contributed by atoms with Gasteiger partial charge in [0.05, 0.1) is 17.0 Å². The van der Waals surface area contributed by atoms with Gasteiger partial charge in [-0.1, -0.05) is 49.4 Å². The number of carbonyl (C=O) groups excluding carboxylic acids is 1. The third kappa shape index (κ3) is 5.03. The molecular formula is C23H24N2O3S. The third-order valence-electron chi connectivity index (χ3n) is 4.71. The zero-order valence-corrected chi connectivity index (χ0v) is 17.3. The summed E-state index contributed by atoms with van der Waals surface area (Å²) < 4.78 is 26.6. The van der Waals surface area contributed by atoms with Crippen LogP contribution in [0.2, 0.25) is 0 Å². The van der Waals surface area contributed by atoms with Crippen molar-refractivity contribution in [2.75, 3.05) is 16.7 Å². The van der Waals surface area contributed by atoms with Gasteiger partial charge in [0, 0.05) is 12.7 Å². The second-order valence-electron chi connectivity index (χ2n) is 6.73. The van der Waals surface area contributed by atoms with E-state index in [1.165, 1.54) is 16.9 Å². The van der Waals surface area contributed by atoms with Gasteiger partial charge >= 0.3 is 0 Å². The van der Waals surface area contributed by atoms with Crippen LogP contribution in [-0.2, 0) is 27.7 Å². The van der Waals surface area contributed by atoms with Crippen molar-refractivity contribution >= 4 is 27.3 Å². The highest BCUT2D eigenvalue weighted by Gasteiger charge is 2.20. The van der Waals surface area contributed by atoms with Crippen molar-refractivity contribution < 1.29 is 13.2 Å². The van der Waals surface area contributed by atoms with E-state index < -0.39 is 10.0 Å². The molecule has 0 spiro atoms. The van der Waals surface area contributed by atoms with Crippen LogP contribution < -0.4 is 9.62 Å². The summed E-state index contributed by atoms with van der Waals surface area (Å²) in [6, 6.07) is 23.0. The van der Waals surface area contributed by atoms with E-state index in [2.05, 4.69) is 12.2 Å². The average molecular weight is 409 g/mol. The van der Waals surface area contributed by atoms with Gasteiger partial charge in [0.15, 0.2) is 0 Å². The van der Waals surface area contributed by atoms with Gasteiger partial charge in [-0.3, -0.25) is 9.10 Å². The van der Waals surface area contributed by atoms with Crippen LogP contribution in [0.4, 0.5) is 11.4 Å². The Labute approximate surface area is 172 Å². The van der Waals surface area contributed by atoms with Gasteiger partial charge in [0.25, 0.3) is 10.0 Å². The molecular weight excluding hydrogens is 384 g/mol. The van der Waals surface area contributed by atoms with Crippen LogP contribution in [0, 0.1) is 0 Å². The van der Waals surface area contributed by atoms with Crippen LogP contribution in [0.25, 0.3) is 0 Å². The van der Waals surface area contributed by atoms with E-state index in [0.29, 0.717) is 5.69 Å². The van der Waals surface area contributed by atoms with E-state index in [4.69, 9.17) is 0 Å². The fourth-order valence-corrected chi connectivity index (χ4v) is 4.14. The Bertz CT molecular complexity index is 1060. The molecule has 0 atom stereocenters. The van der Waals surface area contributed by atoms with Gasteiger partial charge in [0.2, 0.25) is 5.91 Å². The Morgan fingerprint density at radius 1 is 0.862 bits per heavy atom. The minimum Gasteiger partial charge on any atom is -0.326 e. The molecule has 0 aliphatic rings. The number of carbonyl (C=O) groups is 1. The molecule has 3 rings (SSSR count). The molecule has 5 nitrogen and oxygen atoms in total. The molecule has 150 valence electrons. The topological polar surface area (TPSA) is 66.5 Å². The highest BCUT2D eigenvalue weighted by molar-refractivity contribution is 7.92. The normalized spacial score (nSPS) is 11.1. The highest BCUT2D eigenvalue weighted by Crippen LogP contribution is 2.22. The highest BCUT2D eigenvalue weighted by atomic mass is 32.2. The molecule has 6 heteroatoms. The standard InChI is InChI=1S/C23H24N2O3S/c1-3-18-9-13-20(14-10-18)24-23(26)17-19-11-15-21(16-12-19)25(2)29(27,28)22-7-5-4-6-8-22/h4-16H,3,17H2,1-2H3,(H,24,26). The van der Waals surface area contributed by atoms with Crippen LogP contribution in [0.5, 0.6) is 0 Å². The second kappa shape index (κ2) is 8.92. The van der Waals surface area contributed by atoms with Crippen LogP contribution in [-0.4, -0.2) is 21.4 Å². The zero-order chi connectivity index (χ0) is 20.9. The summed E-state index contributed by atoms with van der Waals surface area (Å²) in [6.45, 7) is 2.08. The number of nitrogens with zero attached hydrogens (tertiary/aromatic N) is 1. The lowest BCUT2D eigenvalue weighted by molar-refractivity contribution is -0.115. The molecule has 0 unspecified atom stereocenters. The summed E-state index contributed by atoms with van der Waals surface area (Å²) in [4.78, 5) is 12.5. The van der Waals surface area contributed by atoms with E-state index in [1.807, 2.05) is 24.3 Å². The summed E-state index contributed by atoms with van der Waals surface area (Å²) in [6.07, 6.45) is 1.17. The Morgan fingerprint density at radius 2 is 1.45 bits per heavy atom. The van der Waals surface area contributed by atoms with Crippen molar-refractivity contribution in [2.45, 2.75) is 24.7 Å². The van der Waals surface area contributed by atoms with Crippen LogP contribution in [0.1, 0.15) is 18.1 Å². The van der Waals surface area contributed by atoms with Crippen molar-refractivity contribution in [1.29, 1.82) is 0 Å². The van der Waals surface area contributed by atoms with Crippen molar-refractivity contribution in [3.8, 4) is 0 Å². The maximum absolute atomic E-state index is 12.7. The second-order valence-corrected chi connectivity index (χ2v) is 8.70. The molecule has 0 saturated heterocycles. The Morgan fingerprint density at radius 3 is 2.03 bits per heavy atom. The summed E-state index contributed by atoms with van der Waals surface area (Å²) in [7, 11) is -2.10. The summed E-state index contributed by atoms with van der Waals surface area (Å²) >= 11 is 0. The molecule has 29 heavy (non-hydrogen) atoms. The molecule has 0 aromatic heterocycles. The van der Waals surface area contributed by atoms with E-state index >= 15 is 0 Å². The number of rotatable bonds is 7. The zero-order valence-electron chi connectivity index (χ0n) is 16.5. The Hall–Kier alpha value is -3.12. The molecule has 0 aliphatic heterocycles. The van der Waals surface area contributed by atoms with Gasteiger partial charge in [-0.15, -0.1) is 0 Å². The summed E-state index contributed by atoms with van der Waals surface area (Å²) in [5, 5.41) is 2.88. The Kier molecular flexibility index (Phi) is 6.34. The predicted octanol–water partition coefficient (Wildman–Crippen LogP) is 4.26. The van der Waals surface area contributed by atoms with Crippen molar-refractivity contribution in [3.63, 3.8) is 0 Å². The number of hydrogen-bond donors (Lipinski definition) is 1. The predicted molar refractivity (Wildman–Crippen MR) is 117 cm³/mol. The summed E-state index contributed by atoms with van der Waals surface area (Å²) in [5.74, 6) is -0.118. The number of amides is 1. The fraction of sp³-hybridized carbons (Fsp3) is 0.174. The van der Waals surface area contributed by atoms with E-state index in [-0.39, 0.29) is 17.2 Å². The molecule has 0 aliphatic carbocycles. The molecule has 1 amide bonds. The number of anilines is 2. The quantitative estimate of drug-likeness (QED) is 0.635. The first-order valence-corrected chi connectivity index (χ1v) is 10.9. The third-order valence-corrected chi connectivity index (χ3v) is 6.51. The Balaban J connectivity index is 1.65. The molecule has 3 aromatic carbocycles. The van der Waals surface area contributed by atoms with Crippen LogP contribution >= 0.6 is 0 Å². The average Bonchev–Trinajstić information content (AvgIpc) is 2.75. The maximum Gasteiger partial charge on any atom is 0.264 e. The first kappa shape index (κ1) is 20.6. The number of aryl methyl sites for hydroxylation is 1. The minimum atomic E-state index is -3.62. The number of sulfonamides is 1. The lowest BCUT2D eigenvalue weighted by Crippen LogP contribution is -2.26. The van der Waals surface area contributed by atoms with E-state index in [1.54, 1.807) is 54.6 Å². The van der Waals surface area contributed by atoms with Crippen molar-refractivity contribution in [1.82, 2.24) is 0 Å². The molecule has 0 fully saturated rings. The monoisotopic (exact) mass is 408 g/mol. The summed E-state index contributed by atoms with van der Waals surface area (Å²) in [5.41, 5.74) is 3.32. The molecule has 3 aromatic rings.